The first-order chi connectivity index (χ1) is 11.5. The molecule has 120 valence electrons. The first-order valence-electron chi connectivity index (χ1n) is 6.78. The van der Waals surface area contributed by atoms with E-state index in [0.29, 0.717) is 10.2 Å². The molecular formula is C15H10N4O5. The fourth-order valence-electron chi connectivity index (χ4n) is 2.25. The van der Waals surface area contributed by atoms with Crippen molar-refractivity contribution in [3.05, 3.63) is 85.0 Å². The van der Waals surface area contributed by atoms with Crippen LogP contribution in [-0.4, -0.2) is 20.5 Å². The number of carbonyl (C=O) groups is 1. The number of rotatable bonds is 3. The van der Waals surface area contributed by atoms with Gasteiger partial charge in [-0.3, -0.25) is 25.1 Å². The van der Waals surface area contributed by atoms with Crippen LogP contribution in [0.4, 0.5) is 5.69 Å². The van der Waals surface area contributed by atoms with Gasteiger partial charge in [0.15, 0.2) is 0 Å². The Balaban J connectivity index is 2.08. The van der Waals surface area contributed by atoms with E-state index in [9.17, 15) is 24.5 Å². The fourth-order valence-corrected chi connectivity index (χ4v) is 2.25. The van der Waals surface area contributed by atoms with Crippen molar-refractivity contribution in [1.29, 1.82) is 0 Å². The number of H-pyrrole nitrogens is 1. The number of fused-ring (bicyclic) bond motifs is 1. The molecular weight excluding hydrogens is 316 g/mol. The molecule has 0 radical (unpaired) electrons. The molecule has 1 aromatic heterocycles. The first kappa shape index (κ1) is 15.2. The van der Waals surface area contributed by atoms with E-state index in [2.05, 4.69) is 10.4 Å². The molecule has 0 aliphatic rings. The summed E-state index contributed by atoms with van der Waals surface area (Å²) in [6.45, 7) is 0. The Hall–Kier alpha value is -3.75. The van der Waals surface area contributed by atoms with Crippen LogP contribution < -0.4 is 16.7 Å². The number of amides is 1. The van der Waals surface area contributed by atoms with Crippen LogP contribution in [0.5, 0.6) is 0 Å². The van der Waals surface area contributed by atoms with Gasteiger partial charge in [0.2, 0.25) is 0 Å². The van der Waals surface area contributed by atoms with Crippen LogP contribution >= 0.6 is 0 Å². The molecule has 3 rings (SSSR count). The minimum absolute atomic E-state index is 0.194. The van der Waals surface area contributed by atoms with Crippen molar-refractivity contribution in [3.63, 3.8) is 0 Å². The van der Waals surface area contributed by atoms with E-state index in [1.807, 2.05) is 0 Å². The molecule has 9 heteroatoms. The van der Waals surface area contributed by atoms with Crippen molar-refractivity contribution in [3.8, 4) is 0 Å². The number of carbonyl (C=O) groups excluding carboxylic acids is 1. The van der Waals surface area contributed by atoms with Gasteiger partial charge in [0.25, 0.3) is 17.2 Å². The van der Waals surface area contributed by atoms with Gasteiger partial charge < -0.3 is 4.98 Å². The Morgan fingerprint density at radius 1 is 1.08 bits per heavy atom. The molecule has 1 amide bonds. The van der Waals surface area contributed by atoms with Crippen molar-refractivity contribution in [1.82, 2.24) is 9.66 Å². The van der Waals surface area contributed by atoms with E-state index >= 15 is 0 Å². The van der Waals surface area contributed by atoms with Crippen LogP contribution in [0.25, 0.3) is 10.9 Å². The summed E-state index contributed by atoms with van der Waals surface area (Å²) >= 11 is 0. The van der Waals surface area contributed by atoms with E-state index in [0.717, 1.165) is 6.07 Å². The molecule has 24 heavy (non-hydrogen) atoms. The Morgan fingerprint density at radius 3 is 2.50 bits per heavy atom. The molecule has 0 saturated heterocycles. The highest BCUT2D eigenvalue weighted by molar-refractivity contribution is 6.03. The van der Waals surface area contributed by atoms with Gasteiger partial charge in [-0.2, -0.15) is 4.68 Å². The number of para-hydroxylation sites is 2. The molecule has 3 aromatic rings. The third-order valence-corrected chi connectivity index (χ3v) is 3.36. The molecule has 0 atom stereocenters. The number of nitro benzene ring substituents is 1. The molecule has 0 aliphatic carbocycles. The van der Waals surface area contributed by atoms with Gasteiger partial charge in [-0.05, 0) is 18.2 Å². The Labute approximate surface area is 133 Å². The standard InChI is InChI=1S/C15H10N4O5/c20-13(10-6-2-4-8-12(10)19(23)24)17-18-14(21)9-5-1-3-7-11(9)16-15(18)22/h1-8H,(H,16,22)(H,17,20). The van der Waals surface area contributed by atoms with Crippen LogP contribution in [0.1, 0.15) is 10.4 Å². The molecule has 0 saturated carbocycles. The molecule has 0 bridgehead atoms. The SMILES string of the molecule is O=C(Nn1c(=O)[nH]c2ccccc2c1=O)c1ccccc1[N+](=O)[O-]. The van der Waals surface area contributed by atoms with Crippen molar-refractivity contribution in [2.75, 3.05) is 5.43 Å². The lowest BCUT2D eigenvalue weighted by Crippen LogP contribution is -2.43. The van der Waals surface area contributed by atoms with Crippen molar-refractivity contribution >= 4 is 22.5 Å². The number of nitro groups is 1. The summed E-state index contributed by atoms with van der Waals surface area (Å²) in [7, 11) is 0. The lowest BCUT2D eigenvalue weighted by Gasteiger charge is -2.08. The molecule has 0 spiro atoms. The van der Waals surface area contributed by atoms with Crippen LogP contribution in [0, 0.1) is 10.1 Å². The zero-order valence-electron chi connectivity index (χ0n) is 12.1. The van der Waals surface area contributed by atoms with Crippen LogP contribution in [0.2, 0.25) is 0 Å². The summed E-state index contributed by atoms with van der Waals surface area (Å²) in [5.41, 5.74) is 0.139. The highest BCUT2D eigenvalue weighted by Gasteiger charge is 2.20. The molecule has 0 fully saturated rings. The second kappa shape index (κ2) is 5.80. The first-order valence-corrected chi connectivity index (χ1v) is 6.78. The van der Waals surface area contributed by atoms with Gasteiger partial charge in [-0.15, -0.1) is 0 Å². The molecule has 0 unspecified atom stereocenters. The highest BCUT2D eigenvalue weighted by Crippen LogP contribution is 2.17. The second-order valence-corrected chi connectivity index (χ2v) is 4.83. The number of hydrogen-bond donors (Lipinski definition) is 2. The maximum absolute atomic E-state index is 12.3. The predicted octanol–water partition coefficient (Wildman–Crippen LogP) is 0.982. The fraction of sp³-hybridized carbons (Fsp3) is 0. The van der Waals surface area contributed by atoms with Gasteiger partial charge in [-0.25, -0.2) is 4.79 Å². The minimum atomic E-state index is -0.940. The van der Waals surface area contributed by atoms with Gasteiger partial charge in [-0.1, -0.05) is 24.3 Å². The summed E-state index contributed by atoms with van der Waals surface area (Å²) in [6.07, 6.45) is 0. The average Bonchev–Trinajstić information content (AvgIpc) is 2.58. The number of hydrogen-bond acceptors (Lipinski definition) is 5. The summed E-state index contributed by atoms with van der Waals surface area (Å²) in [4.78, 5) is 49.3. The second-order valence-electron chi connectivity index (χ2n) is 4.83. The van der Waals surface area contributed by atoms with E-state index in [1.165, 1.54) is 24.3 Å². The third-order valence-electron chi connectivity index (χ3n) is 3.36. The number of benzene rings is 2. The third kappa shape index (κ3) is 2.54. The van der Waals surface area contributed by atoms with E-state index in [4.69, 9.17) is 0 Å². The monoisotopic (exact) mass is 326 g/mol. The summed E-state index contributed by atoms with van der Waals surface area (Å²) < 4.78 is 0.487. The summed E-state index contributed by atoms with van der Waals surface area (Å²) in [5.74, 6) is -0.940. The van der Waals surface area contributed by atoms with Gasteiger partial charge in [0, 0.05) is 6.07 Å². The lowest BCUT2D eigenvalue weighted by molar-refractivity contribution is -0.385. The lowest BCUT2D eigenvalue weighted by atomic mass is 10.2. The summed E-state index contributed by atoms with van der Waals surface area (Å²) in [5, 5.41) is 11.2. The van der Waals surface area contributed by atoms with Crippen molar-refractivity contribution in [2.45, 2.75) is 0 Å². The number of nitrogens with zero attached hydrogens (tertiary/aromatic N) is 2. The topological polar surface area (TPSA) is 127 Å². The van der Waals surface area contributed by atoms with E-state index < -0.39 is 27.8 Å². The molecule has 0 aliphatic heterocycles. The zero-order valence-corrected chi connectivity index (χ0v) is 12.1. The van der Waals surface area contributed by atoms with Crippen LogP contribution in [0.3, 0.4) is 0 Å². The minimum Gasteiger partial charge on any atom is -0.305 e. The van der Waals surface area contributed by atoms with Gasteiger partial charge in [0.1, 0.15) is 5.56 Å². The van der Waals surface area contributed by atoms with Gasteiger partial charge >= 0.3 is 5.69 Å². The largest absolute Gasteiger partial charge is 0.348 e. The van der Waals surface area contributed by atoms with Crippen molar-refractivity contribution in [2.24, 2.45) is 0 Å². The van der Waals surface area contributed by atoms with Crippen molar-refractivity contribution < 1.29 is 9.72 Å². The maximum atomic E-state index is 12.3. The smallest absolute Gasteiger partial charge is 0.305 e. The Bertz CT molecular complexity index is 1080. The van der Waals surface area contributed by atoms with E-state index in [-0.39, 0.29) is 10.9 Å². The molecule has 1 heterocycles. The zero-order chi connectivity index (χ0) is 17.3. The Kier molecular flexibility index (Phi) is 3.66. The normalized spacial score (nSPS) is 10.5. The van der Waals surface area contributed by atoms with Crippen LogP contribution in [0.15, 0.2) is 58.1 Å². The Morgan fingerprint density at radius 2 is 1.75 bits per heavy atom. The van der Waals surface area contributed by atoms with E-state index in [1.54, 1.807) is 18.2 Å². The summed E-state index contributed by atoms with van der Waals surface area (Å²) in [6, 6.07) is 11.5. The molecule has 2 N–H and O–H groups in total. The predicted molar refractivity (Wildman–Crippen MR) is 85.6 cm³/mol. The van der Waals surface area contributed by atoms with Gasteiger partial charge in [0.05, 0.1) is 15.8 Å². The number of aromatic nitrogens is 2. The quantitative estimate of drug-likeness (QED) is 0.548. The molecule has 9 nitrogen and oxygen atoms in total. The maximum Gasteiger partial charge on any atom is 0.348 e. The number of nitrogens with one attached hydrogen (secondary N) is 2. The average molecular weight is 326 g/mol. The molecule has 2 aromatic carbocycles. The number of aromatic amines is 1. The highest BCUT2D eigenvalue weighted by atomic mass is 16.6. The van der Waals surface area contributed by atoms with Crippen LogP contribution in [-0.2, 0) is 0 Å².